The Bertz CT molecular complexity index is 739. The number of halogens is 3. The van der Waals surface area contributed by atoms with E-state index < -0.39 is 11.6 Å². The van der Waals surface area contributed by atoms with E-state index in [1.54, 1.807) is 19.9 Å². The molecule has 2 nitrogen and oxygen atoms in total. The molecule has 0 unspecified atom stereocenters. The molecule has 0 heterocycles. The molecule has 0 spiro atoms. The van der Waals surface area contributed by atoms with Crippen LogP contribution in [0.15, 0.2) is 24.3 Å². The maximum absolute atomic E-state index is 13.6. The predicted octanol–water partition coefficient (Wildman–Crippen LogP) is 4.91. The average molecular weight is 338 g/mol. The molecule has 0 aromatic heterocycles. The predicted molar refractivity (Wildman–Crippen MR) is 88.9 cm³/mol. The molecule has 2 rings (SSSR count). The van der Waals surface area contributed by atoms with Gasteiger partial charge in [0.05, 0.1) is 5.56 Å². The smallest absolute Gasteiger partial charge is 0.252 e. The van der Waals surface area contributed by atoms with Crippen LogP contribution in [-0.4, -0.2) is 12.5 Å². The van der Waals surface area contributed by atoms with Gasteiger partial charge in [-0.3, -0.25) is 4.79 Å². The Morgan fingerprint density at radius 2 is 1.74 bits per heavy atom. The summed E-state index contributed by atoms with van der Waals surface area (Å²) in [5, 5.41) is 3.20. The van der Waals surface area contributed by atoms with E-state index in [0.717, 1.165) is 11.6 Å². The van der Waals surface area contributed by atoms with Crippen LogP contribution in [0.5, 0.6) is 0 Å². The minimum atomic E-state index is -0.684. The van der Waals surface area contributed by atoms with Gasteiger partial charge in [0.15, 0.2) is 0 Å². The van der Waals surface area contributed by atoms with Gasteiger partial charge in [0, 0.05) is 17.6 Å². The van der Waals surface area contributed by atoms with Gasteiger partial charge >= 0.3 is 0 Å². The second-order valence-corrected chi connectivity index (χ2v) is 5.67. The Balaban J connectivity index is 2.83. The van der Waals surface area contributed by atoms with Gasteiger partial charge in [0.25, 0.3) is 5.91 Å². The summed E-state index contributed by atoms with van der Waals surface area (Å²) in [5.41, 5.74) is 2.58. The van der Waals surface area contributed by atoms with Crippen LogP contribution in [0, 0.1) is 18.6 Å². The van der Waals surface area contributed by atoms with Crippen molar-refractivity contribution in [2.24, 2.45) is 0 Å². The van der Waals surface area contributed by atoms with Gasteiger partial charge < -0.3 is 5.32 Å². The lowest BCUT2D eigenvalue weighted by Gasteiger charge is -2.18. The Labute approximate surface area is 139 Å². The summed E-state index contributed by atoms with van der Waals surface area (Å²) >= 11 is 6.24. The summed E-state index contributed by atoms with van der Waals surface area (Å²) in [6, 6.07) is 5.02. The summed E-state index contributed by atoms with van der Waals surface area (Å²) in [6.07, 6.45) is 0.583. The molecule has 0 saturated carbocycles. The highest BCUT2D eigenvalue weighted by molar-refractivity contribution is 6.32. The van der Waals surface area contributed by atoms with E-state index in [-0.39, 0.29) is 5.91 Å². The fourth-order valence-electron chi connectivity index (χ4n) is 2.64. The molecule has 0 radical (unpaired) electrons. The summed E-state index contributed by atoms with van der Waals surface area (Å²) in [5.74, 6) is -1.67. The number of hydrogen-bond acceptors (Lipinski definition) is 1. The van der Waals surface area contributed by atoms with E-state index in [1.807, 2.05) is 6.92 Å². The third kappa shape index (κ3) is 3.53. The summed E-state index contributed by atoms with van der Waals surface area (Å²) in [7, 11) is 0. The topological polar surface area (TPSA) is 29.1 Å². The first-order valence-electron chi connectivity index (χ1n) is 7.45. The molecule has 2 aromatic rings. The number of nitrogens with one attached hydrogen (secondary N) is 1. The van der Waals surface area contributed by atoms with Crippen LogP contribution in [0.1, 0.15) is 35.3 Å². The van der Waals surface area contributed by atoms with Gasteiger partial charge in [-0.2, -0.15) is 0 Å². The molecule has 0 aliphatic carbocycles. The third-order valence-corrected chi connectivity index (χ3v) is 4.09. The van der Waals surface area contributed by atoms with Gasteiger partial charge in [0.1, 0.15) is 11.6 Å². The minimum absolute atomic E-state index is 0.304. The number of rotatable bonds is 4. The fraction of sp³-hybridized carbons (Fsp3) is 0.278. The van der Waals surface area contributed by atoms with Gasteiger partial charge in [-0.05, 0) is 60.7 Å². The van der Waals surface area contributed by atoms with Crippen LogP contribution >= 0.6 is 11.6 Å². The Kier molecular flexibility index (Phi) is 5.37. The van der Waals surface area contributed by atoms with Crippen LogP contribution < -0.4 is 5.32 Å². The van der Waals surface area contributed by atoms with Gasteiger partial charge in [0.2, 0.25) is 0 Å². The normalized spacial score (nSPS) is 10.7. The van der Waals surface area contributed by atoms with Crippen molar-refractivity contribution in [1.29, 1.82) is 0 Å². The second-order valence-electron chi connectivity index (χ2n) is 5.26. The van der Waals surface area contributed by atoms with Crippen molar-refractivity contribution in [3.8, 4) is 11.1 Å². The van der Waals surface area contributed by atoms with Crippen LogP contribution in [0.25, 0.3) is 11.1 Å². The minimum Gasteiger partial charge on any atom is -0.352 e. The summed E-state index contributed by atoms with van der Waals surface area (Å²) in [6.45, 7) is 5.89. The molecular weight excluding hydrogens is 320 g/mol. The number of carbonyl (C=O) groups excluding carboxylic acids is 1. The van der Waals surface area contributed by atoms with Crippen molar-refractivity contribution in [3.05, 3.63) is 57.6 Å². The lowest BCUT2D eigenvalue weighted by Crippen LogP contribution is -2.25. The molecule has 1 N–H and O–H groups in total. The fourth-order valence-corrected chi connectivity index (χ4v) is 2.87. The maximum atomic E-state index is 13.6. The zero-order chi connectivity index (χ0) is 17.1. The molecule has 23 heavy (non-hydrogen) atoms. The Morgan fingerprint density at radius 1 is 1.13 bits per heavy atom. The van der Waals surface area contributed by atoms with Crippen LogP contribution in [0.2, 0.25) is 5.02 Å². The summed E-state index contributed by atoms with van der Waals surface area (Å²) in [4.78, 5) is 12.5. The monoisotopic (exact) mass is 337 g/mol. The molecular formula is C18H18ClF2NO. The molecule has 0 bridgehead atoms. The highest BCUT2D eigenvalue weighted by Gasteiger charge is 2.21. The Morgan fingerprint density at radius 3 is 2.26 bits per heavy atom. The van der Waals surface area contributed by atoms with E-state index in [2.05, 4.69) is 5.32 Å². The molecule has 5 heteroatoms. The first-order chi connectivity index (χ1) is 10.9. The second kappa shape index (κ2) is 7.09. The first-order valence-corrected chi connectivity index (χ1v) is 7.83. The lowest BCUT2D eigenvalue weighted by atomic mass is 9.89. The maximum Gasteiger partial charge on any atom is 0.252 e. The molecule has 0 saturated heterocycles. The molecule has 0 fully saturated rings. The Hall–Kier alpha value is -1.94. The van der Waals surface area contributed by atoms with Crippen molar-refractivity contribution in [2.45, 2.75) is 27.2 Å². The molecule has 1 amide bonds. The first kappa shape index (κ1) is 17.4. The number of benzene rings is 2. The highest BCUT2D eigenvalue weighted by atomic mass is 35.5. The van der Waals surface area contributed by atoms with Crippen LogP contribution in [-0.2, 0) is 6.42 Å². The van der Waals surface area contributed by atoms with Crippen LogP contribution in [0.3, 0.4) is 0 Å². The van der Waals surface area contributed by atoms with E-state index in [9.17, 15) is 13.6 Å². The van der Waals surface area contributed by atoms with Crippen molar-refractivity contribution in [3.63, 3.8) is 0 Å². The number of aryl methyl sites for hydroxylation is 1. The van der Waals surface area contributed by atoms with Gasteiger partial charge in [-0.15, -0.1) is 0 Å². The van der Waals surface area contributed by atoms with Crippen molar-refractivity contribution < 1.29 is 13.6 Å². The lowest BCUT2D eigenvalue weighted by molar-refractivity contribution is 0.0956. The van der Waals surface area contributed by atoms with Gasteiger partial charge in [-0.1, -0.05) is 18.5 Å². The highest BCUT2D eigenvalue weighted by Crippen LogP contribution is 2.35. The van der Waals surface area contributed by atoms with Crippen LogP contribution in [0.4, 0.5) is 8.78 Å². The number of amides is 1. The average Bonchev–Trinajstić information content (AvgIpc) is 2.48. The molecule has 0 atom stereocenters. The number of hydrogen-bond donors (Lipinski definition) is 1. The van der Waals surface area contributed by atoms with E-state index in [4.69, 9.17) is 11.6 Å². The third-order valence-electron chi connectivity index (χ3n) is 3.70. The largest absolute Gasteiger partial charge is 0.352 e. The standard InChI is InChI=1S/C18H18ClF2NO/c1-4-11-8-15(19)10(3)16(18(23)22-5-2)17(11)12-6-13(20)9-14(21)7-12/h6-9H,4-5H2,1-3H3,(H,22,23). The van der Waals surface area contributed by atoms with E-state index >= 15 is 0 Å². The number of carbonyl (C=O) groups is 1. The summed E-state index contributed by atoms with van der Waals surface area (Å²) < 4.78 is 27.3. The van der Waals surface area contributed by atoms with E-state index in [0.29, 0.717) is 40.2 Å². The quantitative estimate of drug-likeness (QED) is 0.844. The molecule has 122 valence electrons. The zero-order valence-electron chi connectivity index (χ0n) is 13.3. The van der Waals surface area contributed by atoms with E-state index in [1.165, 1.54) is 12.1 Å². The van der Waals surface area contributed by atoms with Crippen molar-refractivity contribution >= 4 is 17.5 Å². The molecule has 2 aromatic carbocycles. The molecule has 0 aliphatic heterocycles. The molecule has 0 aliphatic rings. The van der Waals surface area contributed by atoms with Crippen molar-refractivity contribution in [2.75, 3.05) is 6.54 Å². The SMILES string of the molecule is CCNC(=O)c1c(C)c(Cl)cc(CC)c1-c1cc(F)cc(F)c1. The zero-order valence-corrected chi connectivity index (χ0v) is 14.0. The van der Waals surface area contributed by atoms with Crippen molar-refractivity contribution in [1.82, 2.24) is 5.32 Å². The van der Waals surface area contributed by atoms with Gasteiger partial charge in [-0.25, -0.2) is 8.78 Å².